The molecule has 1 fully saturated rings. The minimum absolute atomic E-state index is 0.0477. The Bertz CT molecular complexity index is 724. The molecule has 6 heteroatoms. The summed E-state index contributed by atoms with van der Waals surface area (Å²) in [6.45, 7) is 1.85. The van der Waals surface area contributed by atoms with E-state index in [-0.39, 0.29) is 17.5 Å². The lowest BCUT2D eigenvalue weighted by molar-refractivity contribution is 0.154. The number of benzene rings is 2. The van der Waals surface area contributed by atoms with Crippen LogP contribution in [-0.2, 0) is 4.74 Å². The van der Waals surface area contributed by atoms with Gasteiger partial charge < -0.3 is 19.7 Å². The highest BCUT2D eigenvalue weighted by Gasteiger charge is 2.27. The van der Waals surface area contributed by atoms with Crippen LogP contribution in [0.3, 0.4) is 0 Å². The van der Waals surface area contributed by atoms with Crippen molar-refractivity contribution in [2.75, 3.05) is 32.1 Å². The Morgan fingerprint density at radius 2 is 2.04 bits per heavy atom. The number of carbonyl (C=O) groups is 1. The summed E-state index contributed by atoms with van der Waals surface area (Å²) in [5.41, 5.74) is 0.0477. The molecule has 1 atom stereocenters. The van der Waals surface area contributed by atoms with Gasteiger partial charge in [0.15, 0.2) is 11.6 Å². The topological polar surface area (TPSA) is 50.8 Å². The average Bonchev–Trinajstić information content (AvgIpc) is 3.08. The molecule has 0 aromatic heterocycles. The van der Waals surface area contributed by atoms with Crippen molar-refractivity contribution >= 4 is 11.7 Å². The number of halogens is 1. The number of para-hydroxylation sites is 2. The number of hydrogen-bond donors (Lipinski definition) is 1. The number of likely N-dealkylation sites (tertiary alicyclic amines) is 1. The first-order chi connectivity index (χ1) is 12.2. The summed E-state index contributed by atoms with van der Waals surface area (Å²) in [5, 5.41) is 2.65. The van der Waals surface area contributed by atoms with Crippen LogP contribution in [-0.4, -0.2) is 37.7 Å². The van der Waals surface area contributed by atoms with Gasteiger partial charge in [0.1, 0.15) is 11.4 Å². The lowest BCUT2D eigenvalue weighted by Crippen LogP contribution is -2.33. The second kappa shape index (κ2) is 7.98. The zero-order valence-electron chi connectivity index (χ0n) is 14.1. The molecule has 0 spiro atoms. The molecule has 3 rings (SSSR count). The van der Waals surface area contributed by atoms with Crippen LogP contribution >= 0.6 is 0 Å². The number of methoxy groups -OCH3 is 1. The van der Waals surface area contributed by atoms with E-state index < -0.39 is 5.82 Å². The van der Waals surface area contributed by atoms with Gasteiger partial charge in [-0.2, -0.15) is 0 Å². The van der Waals surface area contributed by atoms with Gasteiger partial charge >= 0.3 is 6.03 Å². The van der Waals surface area contributed by atoms with Gasteiger partial charge in [0.05, 0.1) is 6.61 Å². The summed E-state index contributed by atoms with van der Waals surface area (Å²) < 4.78 is 25.1. The van der Waals surface area contributed by atoms with Crippen molar-refractivity contribution in [3.63, 3.8) is 0 Å². The maximum Gasteiger partial charge on any atom is 0.322 e. The molecular weight excluding hydrogens is 323 g/mol. The molecule has 0 radical (unpaired) electrons. The van der Waals surface area contributed by atoms with Crippen LogP contribution in [0.25, 0.3) is 0 Å². The highest BCUT2D eigenvalue weighted by molar-refractivity contribution is 5.91. The molecule has 0 bridgehead atoms. The Labute approximate surface area is 146 Å². The Morgan fingerprint density at radius 3 is 2.80 bits per heavy atom. The monoisotopic (exact) mass is 344 g/mol. The number of anilines is 1. The fourth-order valence-electron chi connectivity index (χ4n) is 2.90. The number of ether oxygens (including phenoxy) is 2. The molecular formula is C19H21FN2O3. The van der Waals surface area contributed by atoms with E-state index in [4.69, 9.17) is 9.47 Å². The fraction of sp³-hybridized carbons (Fsp3) is 0.316. The number of urea groups is 1. The highest BCUT2D eigenvalue weighted by atomic mass is 19.1. The van der Waals surface area contributed by atoms with E-state index in [1.165, 1.54) is 6.07 Å². The summed E-state index contributed by atoms with van der Waals surface area (Å²) in [6, 6.07) is 13.2. The first-order valence-corrected chi connectivity index (χ1v) is 8.23. The maximum absolute atomic E-state index is 14.3. The van der Waals surface area contributed by atoms with Crippen LogP contribution in [0.2, 0.25) is 0 Å². The molecule has 1 aliphatic rings. The zero-order chi connectivity index (χ0) is 17.6. The third-order valence-electron chi connectivity index (χ3n) is 4.15. The van der Waals surface area contributed by atoms with Gasteiger partial charge in [-0.1, -0.05) is 24.3 Å². The van der Waals surface area contributed by atoms with Crippen LogP contribution < -0.4 is 10.1 Å². The Kier molecular flexibility index (Phi) is 5.50. The smallest absolute Gasteiger partial charge is 0.322 e. The van der Waals surface area contributed by atoms with Crippen molar-refractivity contribution in [2.45, 2.75) is 6.42 Å². The minimum Gasteiger partial charge on any atom is -0.455 e. The van der Waals surface area contributed by atoms with Crippen molar-refractivity contribution < 1.29 is 18.7 Å². The molecule has 0 saturated carbocycles. The van der Waals surface area contributed by atoms with Gasteiger partial charge in [-0.05, 0) is 30.7 Å². The van der Waals surface area contributed by atoms with Crippen molar-refractivity contribution in [1.29, 1.82) is 0 Å². The van der Waals surface area contributed by atoms with Crippen molar-refractivity contribution in [3.8, 4) is 11.5 Å². The van der Waals surface area contributed by atoms with Gasteiger partial charge in [0.25, 0.3) is 0 Å². The molecule has 2 aromatic carbocycles. The number of amides is 2. The van der Waals surface area contributed by atoms with Gasteiger partial charge in [0, 0.05) is 26.1 Å². The van der Waals surface area contributed by atoms with Crippen LogP contribution in [0.15, 0.2) is 48.5 Å². The van der Waals surface area contributed by atoms with Gasteiger partial charge in [0.2, 0.25) is 0 Å². The summed E-state index contributed by atoms with van der Waals surface area (Å²) in [7, 11) is 1.65. The van der Waals surface area contributed by atoms with Gasteiger partial charge in [-0.3, -0.25) is 0 Å². The molecule has 0 unspecified atom stereocenters. The van der Waals surface area contributed by atoms with Gasteiger partial charge in [-0.25, -0.2) is 9.18 Å². The molecule has 1 aliphatic heterocycles. The molecule has 25 heavy (non-hydrogen) atoms. The third kappa shape index (κ3) is 4.28. The van der Waals surface area contributed by atoms with E-state index in [0.29, 0.717) is 31.4 Å². The number of hydrogen-bond acceptors (Lipinski definition) is 3. The number of carbonyl (C=O) groups excluding carboxylic acids is 1. The summed E-state index contributed by atoms with van der Waals surface area (Å²) in [6.07, 6.45) is 0.881. The predicted molar refractivity (Wildman–Crippen MR) is 93.5 cm³/mol. The van der Waals surface area contributed by atoms with E-state index in [2.05, 4.69) is 5.32 Å². The number of nitrogens with one attached hydrogen (secondary N) is 1. The average molecular weight is 344 g/mol. The van der Waals surface area contributed by atoms with Crippen molar-refractivity contribution in [1.82, 2.24) is 4.90 Å². The highest BCUT2D eigenvalue weighted by Crippen LogP contribution is 2.32. The Morgan fingerprint density at radius 1 is 1.24 bits per heavy atom. The lowest BCUT2D eigenvalue weighted by atomic mass is 10.1. The van der Waals surface area contributed by atoms with E-state index in [0.717, 1.165) is 6.42 Å². The second-order valence-electron chi connectivity index (χ2n) is 6.01. The maximum atomic E-state index is 14.3. The standard InChI is InChI=1S/C19H21FN2O3/c1-24-13-14-10-11-22(12-14)19(23)21-18-16(20)8-5-9-17(18)25-15-6-3-2-4-7-15/h2-9,14H,10-13H2,1H3,(H,21,23)/t14-/m0/s1. The van der Waals surface area contributed by atoms with E-state index in [1.807, 2.05) is 18.2 Å². The molecule has 2 amide bonds. The van der Waals surface area contributed by atoms with Gasteiger partial charge in [-0.15, -0.1) is 0 Å². The summed E-state index contributed by atoms with van der Waals surface area (Å²) in [5.74, 6) is 0.628. The predicted octanol–water partition coefficient (Wildman–Crippen LogP) is 4.12. The summed E-state index contributed by atoms with van der Waals surface area (Å²) in [4.78, 5) is 14.1. The first-order valence-electron chi connectivity index (χ1n) is 8.23. The van der Waals surface area contributed by atoms with Crippen LogP contribution in [0.5, 0.6) is 11.5 Å². The lowest BCUT2D eigenvalue weighted by Gasteiger charge is -2.19. The van der Waals surface area contributed by atoms with Crippen molar-refractivity contribution in [3.05, 3.63) is 54.3 Å². The fourth-order valence-corrected chi connectivity index (χ4v) is 2.90. The molecule has 1 saturated heterocycles. The number of nitrogens with zero attached hydrogens (tertiary/aromatic N) is 1. The zero-order valence-corrected chi connectivity index (χ0v) is 14.1. The largest absolute Gasteiger partial charge is 0.455 e. The molecule has 0 aliphatic carbocycles. The molecule has 1 N–H and O–H groups in total. The first kappa shape index (κ1) is 17.2. The quantitative estimate of drug-likeness (QED) is 0.888. The molecule has 132 valence electrons. The minimum atomic E-state index is -0.533. The van der Waals surface area contributed by atoms with E-state index in [1.54, 1.807) is 36.3 Å². The molecule has 2 aromatic rings. The van der Waals surface area contributed by atoms with E-state index >= 15 is 0 Å². The van der Waals surface area contributed by atoms with Crippen LogP contribution in [0, 0.1) is 11.7 Å². The van der Waals surface area contributed by atoms with E-state index in [9.17, 15) is 9.18 Å². The van der Waals surface area contributed by atoms with Crippen LogP contribution in [0.1, 0.15) is 6.42 Å². The SMILES string of the molecule is COC[C@H]1CCN(C(=O)Nc2c(F)cccc2Oc2ccccc2)C1. The second-order valence-corrected chi connectivity index (χ2v) is 6.01. The molecule has 5 nitrogen and oxygen atoms in total. The Hall–Kier alpha value is -2.60. The third-order valence-corrected chi connectivity index (χ3v) is 4.15. The number of rotatable bonds is 5. The molecule has 1 heterocycles. The van der Waals surface area contributed by atoms with Crippen molar-refractivity contribution in [2.24, 2.45) is 5.92 Å². The Balaban J connectivity index is 1.72. The summed E-state index contributed by atoms with van der Waals surface area (Å²) >= 11 is 0. The van der Waals surface area contributed by atoms with Crippen LogP contribution in [0.4, 0.5) is 14.9 Å². The normalized spacial score (nSPS) is 16.7.